The van der Waals surface area contributed by atoms with Gasteiger partial charge in [0, 0.05) is 11.6 Å². The normalized spacial score (nSPS) is 16.0. The van der Waals surface area contributed by atoms with Crippen LogP contribution in [-0.4, -0.2) is 31.1 Å². The first-order valence-electron chi connectivity index (χ1n) is 9.36. The maximum Gasteiger partial charge on any atom is 0.122 e. The van der Waals surface area contributed by atoms with Crippen molar-refractivity contribution in [3.63, 3.8) is 0 Å². The van der Waals surface area contributed by atoms with Crippen molar-refractivity contribution in [2.24, 2.45) is 5.92 Å². The minimum atomic E-state index is 0.750. The smallest absolute Gasteiger partial charge is 0.122 e. The molecule has 1 aliphatic rings. The van der Waals surface area contributed by atoms with Crippen LogP contribution in [0.4, 0.5) is 0 Å². The zero-order valence-corrected chi connectivity index (χ0v) is 15.6. The van der Waals surface area contributed by atoms with Crippen molar-refractivity contribution in [2.45, 2.75) is 58.8 Å². The van der Waals surface area contributed by atoms with Gasteiger partial charge in [-0.2, -0.15) is 0 Å². The van der Waals surface area contributed by atoms with Gasteiger partial charge >= 0.3 is 0 Å². The van der Waals surface area contributed by atoms with Crippen LogP contribution in [0, 0.1) is 5.92 Å². The minimum absolute atomic E-state index is 0.750. The van der Waals surface area contributed by atoms with Crippen LogP contribution >= 0.6 is 11.6 Å². The van der Waals surface area contributed by atoms with Gasteiger partial charge in [-0.3, -0.25) is 0 Å². The molecule has 0 unspecified atom stereocenters. The Morgan fingerprint density at radius 3 is 2.57 bits per heavy atom. The van der Waals surface area contributed by atoms with Gasteiger partial charge in [-0.15, -0.1) is 0 Å². The summed E-state index contributed by atoms with van der Waals surface area (Å²) in [6.45, 7) is 8.28. The predicted octanol–water partition coefficient (Wildman–Crippen LogP) is 5.57. The molecule has 3 heteroatoms. The molecule has 1 fully saturated rings. The van der Waals surface area contributed by atoms with E-state index in [-0.39, 0.29) is 0 Å². The minimum Gasteiger partial charge on any atom is -0.492 e. The van der Waals surface area contributed by atoms with Crippen LogP contribution in [0.5, 0.6) is 5.75 Å². The van der Waals surface area contributed by atoms with E-state index in [2.05, 4.69) is 24.8 Å². The highest BCUT2D eigenvalue weighted by atomic mass is 35.5. The summed E-state index contributed by atoms with van der Waals surface area (Å²) >= 11 is 6.20. The summed E-state index contributed by atoms with van der Waals surface area (Å²) in [5, 5.41) is 0.819. The Balaban J connectivity index is 1.88. The molecule has 0 N–H and O–H groups in total. The van der Waals surface area contributed by atoms with Crippen molar-refractivity contribution >= 4 is 11.6 Å². The maximum absolute atomic E-state index is 6.20. The van der Waals surface area contributed by atoms with Crippen molar-refractivity contribution in [2.75, 3.05) is 26.2 Å². The Kier molecular flexibility index (Phi) is 8.25. The fraction of sp³-hybridized carbons (Fsp3) is 0.700. The van der Waals surface area contributed by atoms with Gasteiger partial charge in [-0.1, -0.05) is 57.6 Å². The summed E-state index contributed by atoms with van der Waals surface area (Å²) in [6.07, 6.45) is 9.41. The summed E-state index contributed by atoms with van der Waals surface area (Å²) in [5.41, 5.74) is 1.28. The largest absolute Gasteiger partial charge is 0.492 e. The average Bonchev–Trinajstić information content (AvgIpc) is 2.59. The van der Waals surface area contributed by atoms with Crippen LogP contribution in [0.1, 0.15) is 57.9 Å². The van der Waals surface area contributed by atoms with E-state index in [0.29, 0.717) is 0 Å². The average molecular weight is 338 g/mol. The molecule has 23 heavy (non-hydrogen) atoms. The highest BCUT2D eigenvalue weighted by molar-refractivity contribution is 6.30. The van der Waals surface area contributed by atoms with Crippen molar-refractivity contribution < 1.29 is 4.74 Å². The molecule has 0 radical (unpaired) electrons. The number of hydrogen-bond acceptors (Lipinski definition) is 2. The van der Waals surface area contributed by atoms with Gasteiger partial charge in [0.05, 0.1) is 0 Å². The SMILES string of the molecule is CCN(CC)CCOc1ccc(Cl)cc1CCC1CCCCC1. The Morgan fingerprint density at radius 1 is 1.13 bits per heavy atom. The van der Waals surface area contributed by atoms with Crippen molar-refractivity contribution in [1.82, 2.24) is 4.90 Å². The quantitative estimate of drug-likeness (QED) is 0.583. The van der Waals surface area contributed by atoms with Gasteiger partial charge in [0.25, 0.3) is 0 Å². The van der Waals surface area contributed by atoms with Crippen LogP contribution in [0.15, 0.2) is 18.2 Å². The van der Waals surface area contributed by atoms with E-state index in [0.717, 1.165) is 49.4 Å². The molecular formula is C20H32ClNO. The van der Waals surface area contributed by atoms with Gasteiger partial charge in [-0.05, 0) is 55.6 Å². The number of halogens is 1. The Morgan fingerprint density at radius 2 is 1.87 bits per heavy atom. The molecule has 0 aromatic heterocycles. The van der Waals surface area contributed by atoms with Gasteiger partial charge < -0.3 is 9.64 Å². The first-order valence-corrected chi connectivity index (χ1v) is 9.74. The van der Waals surface area contributed by atoms with Gasteiger partial charge in [0.2, 0.25) is 0 Å². The molecule has 1 saturated carbocycles. The van der Waals surface area contributed by atoms with Crippen molar-refractivity contribution in [1.29, 1.82) is 0 Å². The molecule has 1 aromatic carbocycles. The molecule has 130 valence electrons. The highest BCUT2D eigenvalue weighted by Gasteiger charge is 2.15. The van der Waals surface area contributed by atoms with Crippen molar-refractivity contribution in [3.8, 4) is 5.75 Å². The molecule has 2 rings (SSSR count). The fourth-order valence-corrected chi connectivity index (χ4v) is 3.74. The standard InChI is InChI=1S/C20H32ClNO/c1-3-22(4-2)14-15-23-20-13-12-19(21)16-18(20)11-10-17-8-6-5-7-9-17/h12-13,16-17H,3-11,14-15H2,1-2H3. The second-order valence-electron chi connectivity index (χ2n) is 6.67. The number of ether oxygens (including phenoxy) is 1. The molecule has 0 atom stereocenters. The molecule has 0 spiro atoms. The number of likely N-dealkylation sites (N-methyl/N-ethyl adjacent to an activating group) is 1. The van der Waals surface area contributed by atoms with E-state index in [1.807, 2.05) is 12.1 Å². The molecule has 1 aromatic rings. The second kappa shape index (κ2) is 10.2. The Bertz CT molecular complexity index is 453. The van der Waals surface area contributed by atoms with Crippen LogP contribution < -0.4 is 4.74 Å². The highest BCUT2D eigenvalue weighted by Crippen LogP contribution is 2.30. The Hall–Kier alpha value is -0.730. The fourth-order valence-electron chi connectivity index (χ4n) is 3.54. The van der Waals surface area contributed by atoms with Crippen LogP contribution in [0.2, 0.25) is 5.02 Å². The first-order chi connectivity index (χ1) is 11.2. The van der Waals surface area contributed by atoms with E-state index in [9.17, 15) is 0 Å². The number of aryl methyl sites for hydroxylation is 1. The van der Waals surface area contributed by atoms with E-state index < -0.39 is 0 Å². The molecule has 0 saturated heterocycles. The maximum atomic E-state index is 6.20. The summed E-state index contributed by atoms with van der Waals surface area (Å²) in [6, 6.07) is 6.08. The number of benzene rings is 1. The number of hydrogen-bond donors (Lipinski definition) is 0. The third-order valence-electron chi connectivity index (χ3n) is 5.13. The molecule has 0 heterocycles. The van der Waals surface area contributed by atoms with E-state index >= 15 is 0 Å². The van der Waals surface area contributed by atoms with E-state index in [1.54, 1.807) is 0 Å². The summed E-state index contributed by atoms with van der Waals surface area (Å²) < 4.78 is 6.07. The Labute approximate surface area is 147 Å². The van der Waals surface area contributed by atoms with Crippen LogP contribution in [0.25, 0.3) is 0 Å². The molecule has 2 nitrogen and oxygen atoms in total. The van der Waals surface area contributed by atoms with Crippen molar-refractivity contribution in [3.05, 3.63) is 28.8 Å². The van der Waals surface area contributed by atoms with Gasteiger partial charge in [-0.25, -0.2) is 0 Å². The van der Waals surface area contributed by atoms with E-state index in [4.69, 9.17) is 16.3 Å². The zero-order valence-electron chi connectivity index (χ0n) is 14.8. The lowest BCUT2D eigenvalue weighted by atomic mass is 9.85. The third-order valence-corrected chi connectivity index (χ3v) is 5.36. The third kappa shape index (κ3) is 6.35. The summed E-state index contributed by atoms with van der Waals surface area (Å²) in [5.74, 6) is 1.92. The van der Waals surface area contributed by atoms with Crippen LogP contribution in [0.3, 0.4) is 0 Å². The second-order valence-corrected chi connectivity index (χ2v) is 7.11. The molecule has 0 bridgehead atoms. The number of rotatable bonds is 9. The monoisotopic (exact) mass is 337 g/mol. The topological polar surface area (TPSA) is 12.5 Å². The lowest BCUT2D eigenvalue weighted by Gasteiger charge is -2.22. The molecule has 0 aliphatic heterocycles. The van der Waals surface area contributed by atoms with E-state index in [1.165, 1.54) is 44.1 Å². The first kappa shape index (κ1) is 18.6. The van der Waals surface area contributed by atoms with Gasteiger partial charge in [0.15, 0.2) is 0 Å². The summed E-state index contributed by atoms with van der Waals surface area (Å²) in [7, 11) is 0. The molecule has 1 aliphatic carbocycles. The van der Waals surface area contributed by atoms with Gasteiger partial charge in [0.1, 0.15) is 12.4 Å². The molecular weight excluding hydrogens is 306 g/mol. The predicted molar refractivity (Wildman–Crippen MR) is 99.6 cm³/mol. The molecule has 0 amide bonds. The lowest BCUT2D eigenvalue weighted by molar-refractivity contribution is 0.221. The summed E-state index contributed by atoms with van der Waals surface area (Å²) in [4.78, 5) is 2.39. The lowest BCUT2D eigenvalue weighted by Crippen LogP contribution is -2.28. The zero-order chi connectivity index (χ0) is 16.5. The van der Waals surface area contributed by atoms with Crippen LogP contribution in [-0.2, 0) is 6.42 Å². The number of nitrogens with zero attached hydrogens (tertiary/aromatic N) is 1.